The number of likely N-dealkylation sites (tertiary alicyclic amines) is 1. The standard InChI is InChI=1S/C18H22ClFN6OS/c19-13-4-3-5-14(20)17(13)15(25-8-1-2-9-25)10-21-16(27)11-28-18-22-23-24-26(18)12-6-7-12/h3-5,12,15H,1-2,6-11H2,(H,21,27). The van der Waals surface area contributed by atoms with Crippen molar-refractivity contribution in [1.82, 2.24) is 30.4 Å². The second kappa shape index (κ2) is 8.75. The molecule has 2 fully saturated rings. The van der Waals surface area contributed by atoms with Gasteiger partial charge in [0.05, 0.1) is 17.8 Å². The van der Waals surface area contributed by atoms with E-state index < -0.39 is 0 Å². The van der Waals surface area contributed by atoms with Crippen molar-refractivity contribution in [2.75, 3.05) is 25.4 Å². The average Bonchev–Trinajstić information content (AvgIpc) is 3.18. The van der Waals surface area contributed by atoms with Crippen LogP contribution in [0.4, 0.5) is 4.39 Å². The third-order valence-corrected chi connectivity index (χ3v) is 6.36. The fraction of sp³-hybridized carbons (Fsp3) is 0.556. The predicted molar refractivity (Wildman–Crippen MR) is 105 cm³/mol. The first-order valence-corrected chi connectivity index (χ1v) is 10.8. The molecular formula is C18H22ClFN6OS. The number of halogens is 2. The van der Waals surface area contributed by atoms with Crippen LogP contribution in [0.3, 0.4) is 0 Å². The minimum atomic E-state index is -0.336. The first-order chi connectivity index (χ1) is 13.6. The van der Waals surface area contributed by atoms with Gasteiger partial charge in [0.25, 0.3) is 0 Å². The summed E-state index contributed by atoms with van der Waals surface area (Å²) in [5.74, 6) is -0.256. The summed E-state index contributed by atoms with van der Waals surface area (Å²) in [5, 5.41) is 15.6. The molecule has 1 aliphatic heterocycles. The molecule has 2 aliphatic rings. The second-order valence-corrected chi connectivity index (χ2v) is 8.47. The zero-order valence-electron chi connectivity index (χ0n) is 15.4. The van der Waals surface area contributed by atoms with E-state index in [1.807, 2.05) is 0 Å². The zero-order chi connectivity index (χ0) is 19.5. The Kier molecular flexibility index (Phi) is 6.13. The largest absolute Gasteiger partial charge is 0.353 e. The van der Waals surface area contributed by atoms with Gasteiger partial charge in [-0.3, -0.25) is 9.69 Å². The maximum Gasteiger partial charge on any atom is 0.230 e. The molecule has 1 unspecified atom stereocenters. The van der Waals surface area contributed by atoms with Crippen molar-refractivity contribution in [1.29, 1.82) is 0 Å². The van der Waals surface area contributed by atoms with Gasteiger partial charge in [0.1, 0.15) is 5.82 Å². The highest BCUT2D eigenvalue weighted by molar-refractivity contribution is 7.99. The van der Waals surface area contributed by atoms with Crippen molar-refractivity contribution in [3.8, 4) is 0 Å². The van der Waals surface area contributed by atoms with Crippen LogP contribution in [0, 0.1) is 5.82 Å². The van der Waals surface area contributed by atoms with Gasteiger partial charge in [-0.2, -0.15) is 0 Å². The lowest BCUT2D eigenvalue weighted by molar-refractivity contribution is -0.118. The SMILES string of the molecule is O=C(CSc1nnnn1C1CC1)NCC(c1c(F)cccc1Cl)N1CCCC1. The van der Waals surface area contributed by atoms with Crippen molar-refractivity contribution >= 4 is 29.3 Å². The first-order valence-electron chi connectivity index (χ1n) is 9.49. The molecule has 1 aromatic heterocycles. The lowest BCUT2D eigenvalue weighted by Gasteiger charge is -2.29. The average molecular weight is 425 g/mol. The van der Waals surface area contributed by atoms with Gasteiger partial charge in [-0.15, -0.1) is 5.10 Å². The molecule has 150 valence electrons. The van der Waals surface area contributed by atoms with E-state index in [9.17, 15) is 9.18 Å². The highest BCUT2D eigenvalue weighted by atomic mass is 35.5. The lowest BCUT2D eigenvalue weighted by atomic mass is 10.0. The molecule has 7 nitrogen and oxygen atoms in total. The van der Waals surface area contributed by atoms with Crippen molar-refractivity contribution in [3.05, 3.63) is 34.6 Å². The minimum Gasteiger partial charge on any atom is -0.353 e. The number of carbonyl (C=O) groups is 1. The van der Waals surface area contributed by atoms with Gasteiger partial charge in [0, 0.05) is 17.1 Å². The van der Waals surface area contributed by atoms with Crippen LogP contribution in [-0.4, -0.2) is 56.4 Å². The van der Waals surface area contributed by atoms with Crippen molar-refractivity contribution in [2.24, 2.45) is 0 Å². The van der Waals surface area contributed by atoms with Crippen LogP contribution in [0.25, 0.3) is 0 Å². The predicted octanol–water partition coefficient (Wildman–Crippen LogP) is 2.85. The van der Waals surface area contributed by atoms with E-state index in [1.165, 1.54) is 17.8 Å². The summed E-state index contributed by atoms with van der Waals surface area (Å²) in [6, 6.07) is 4.80. The van der Waals surface area contributed by atoms with Crippen LogP contribution in [0.5, 0.6) is 0 Å². The van der Waals surface area contributed by atoms with Crippen LogP contribution in [0.15, 0.2) is 23.4 Å². The van der Waals surface area contributed by atoms with Crippen LogP contribution in [0.1, 0.15) is 43.3 Å². The third kappa shape index (κ3) is 4.47. The number of rotatable bonds is 8. The number of nitrogens with one attached hydrogen (secondary N) is 1. The Morgan fingerprint density at radius 1 is 1.36 bits per heavy atom. The molecule has 0 bridgehead atoms. The monoisotopic (exact) mass is 424 g/mol. The van der Waals surface area contributed by atoms with Crippen LogP contribution in [-0.2, 0) is 4.79 Å². The summed E-state index contributed by atoms with van der Waals surface area (Å²) in [6.07, 6.45) is 4.28. The molecular weight excluding hydrogens is 403 g/mol. The number of carbonyl (C=O) groups excluding carboxylic acids is 1. The molecule has 1 atom stereocenters. The van der Waals surface area contributed by atoms with Gasteiger partial charge in [0.15, 0.2) is 0 Å². The molecule has 0 spiro atoms. The Morgan fingerprint density at radius 2 is 2.14 bits per heavy atom. The third-order valence-electron chi connectivity index (χ3n) is 5.09. The Balaban J connectivity index is 1.38. The number of aromatic nitrogens is 4. The van der Waals surface area contributed by atoms with Crippen molar-refractivity contribution < 1.29 is 9.18 Å². The van der Waals surface area contributed by atoms with Gasteiger partial charge in [-0.05, 0) is 61.3 Å². The van der Waals surface area contributed by atoms with E-state index in [0.717, 1.165) is 38.8 Å². The summed E-state index contributed by atoms with van der Waals surface area (Å²) in [4.78, 5) is 14.6. The van der Waals surface area contributed by atoms with E-state index >= 15 is 0 Å². The first kappa shape index (κ1) is 19.6. The number of hydrogen-bond acceptors (Lipinski definition) is 6. The topological polar surface area (TPSA) is 75.9 Å². The second-order valence-electron chi connectivity index (χ2n) is 7.12. The maximum atomic E-state index is 14.5. The van der Waals surface area contributed by atoms with E-state index in [1.54, 1.807) is 16.8 Å². The highest BCUT2D eigenvalue weighted by Gasteiger charge is 2.29. The van der Waals surface area contributed by atoms with Gasteiger partial charge in [-0.1, -0.05) is 29.4 Å². The Hall–Kier alpha value is -1.71. The summed E-state index contributed by atoms with van der Waals surface area (Å²) in [7, 11) is 0. The Labute approximate surface area is 172 Å². The number of thioether (sulfide) groups is 1. The lowest BCUT2D eigenvalue weighted by Crippen LogP contribution is -2.38. The van der Waals surface area contributed by atoms with E-state index in [2.05, 4.69) is 25.7 Å². The van der Waals surface area contributed by atoms with Crippen LogP contribution >= 0.6 is 23.4 Å². The van der Waals surface area contributed by atoms with Crippen molar-refractivity contribution in [2.45, 2.75) is 42.9 Å². The molecule has 4 rings (SSSR count). The summed E-state index contributed by atoms with van der Waals surface area (Å²) in [6.45, 7) is 2.06. The van der Waals surface area contributed by atoms with Gasteiger partial charge in [0.2, 0.25) is 11.1 Å². The number of amides is 1. The molecule has 1 saturated carbocycles. The molecule has 1 N–H and O–H groups in total. The zero-order valence-corrected chi connectivity index (χ0v) is 16.9. The minimum absolute atomic E-state index is 0.132. The van der Waals surface area contributed by atoms with Crippen molar-refractivity contribution in [3.63, 3.8) is 0 Å². The summed E-state index contributed by atoms with van der Waals surface area (Å²) in [5.41, 5.74) is 0.455. The molecule has 0 radical (unpaired) electrons. The van der Waals surface area contributed by atoms with Crippen LogP contribution < -0.4 is 5.32 Å². The highest BCUT2D eigenvalue weighted by Crippen LogP contribution is 2.36. The Morgan fingerprint density at radius 3 is 2.86 bits per heavy atom. The molecule has 2 heterocycles. The normalized spacial score (nSPS) is 18.4. The van der Waals surface area contributed by atoms with E-state index in [4.69, 9.17) is 11.6 Å². The van der Waals surface area contributed by atoms with Gasteiger partial charge < -0.3 is 5.32 Å². The fourth-order valence-corrected chi connectivity index (χ4v) is 4.58. The fourth-order valence-electron chi connectivity index (χ4n) is 3.52. The molecule has 10 heteroatoms. The van der Waals surface area contributed by atoms with E-state index in [0.29, 0.717) is 28.3 Å². The summed E-state index contributed by atoms with van der Waals surface area (Å²) < 4.78 is 16.3. The molecule has 1 aliphatic carbocycles. The number of hydrogen-bond donors (Lipinski definition) is 1. The Bertz CT molecular complexity index is 819. The molecule has 28 heavy (non-hydrogen) atoms. The molecule has 1 saturated heterocycles. The van der Waals surface area contributed by atoms with E-state index in [-0.39, 0.29) is 23.5 Å². The quantitative estimate of drug-likeness (QED) is 0.657. The van der Waals surface area contributed by atoms with Gasteiger partial charge >= 0.3 is 0 Å². The van der Waals surface area contributed by atoms with Gasteiger partial charge in [-0.25, -0.2) is 9.07 Å². The number of nitrogens with zero attached hydrogens (tertiary/aromatic N) is 5. The maximum absolute atomic E-state index is 14.5. The smallest absolute Gasteiger partial charge is 0.230 e. The number of benzene rings is 1. The molecule has 1 amide bonds. The summed E-state index contributed by atoms with van der Waals surface area (Å²) >= 11 is 7.61. The molecule has 2 aromatic rings. The van der Waals surface area contributed by atoms with Crippen LogP contribution in [0.2, 0.25) is 5.02 Å². The molecule has 1 aromatic carbocycles. The number of tetrazole rings is 1.